The molecule has 8 rings (SSSR count). The van der Waals surface area contributed by atoms with E-state index in [1.807, 2.05) is 0 Å². The summed E-state index contributed by atoms with van der Waals surface area (Å²) < 4.78 is 86.6. The van der Waals surface area contributed by atoms with Gasteiger partial charge >= 0.3 is 0 Å². The highest BCUT2D eigenvalue weighted by atomic mass is 16.8. The van der Waals surface area contributed by atoms with Crippen molar-refractivity contribution in [2.24, 2.45) is 0 Å². The Kier molecular flexibility index (Phi) is 27.9. The quantitative estimate of drug-likeness (QED) is 0.0427. The maximum absolute atomic E-state index is 12.8. The molecule has 8 heterocycles. The Labute approximate surface area is 536 Å². The highest BCUT2D eigenvalue weighted by molar-refractivity contribution is 5.73. The summed E-state index contributed by atoms with van der Waals surface area (Å²) >= 11 is 0. The van der Waals surface area contributed by atoms with Gasteiger partial charge in [0.15, 0.2) is 50.3 Å². The van der Waals surface area contributed by atoms with Crippen molar-refractivity contribution in [2.45, 2.75) is 259 Å². The van der Waals surface area contributed by atoms with E-state index in [1.54, 1.807) is 0 Å². The van der Waals surface area contributed by atoms with Gasteiger partial charge in [0.05, 0.1) is 52.9 Å². The summed E-state index contributed by atoms with van der Waals surface area (Å²) in [5.74, 6) is -1.68. The highest BCUT2D eigenvalue weighted by Gasteiger charge is 2.59. The molecule has 43 nitrogen and oxygen atoms in total. The van der Waals surface area contributed by atoms with Gasteiger partial charge in [0.25, 0.3) is 0 Å². The number of aliphatic hydroxyl groups excluding tert-OH is 24. The van der Waals surface area contributed by atoms with Crippen LogP contribution in [0, 0.1) is 0 Å². The normalized spacial score (nSPS) is 50.8. The molecule has 0 spiro atoms. The summed E-state index contributed by atoms with van der Waals surface area (Å²) in [7, 11) is 0. The van der Waals surface area contributed by atoms with Crippen molar-refractivity contribution in [1.82, 2.24) is 10.6 Å². The van der Waals surface area contributed by atoms with Crippen LogP contribution in [0.15, 0.2) is 0 Å². The number of hydrogen-bond donors (Lipinski definition) is 26. The SMILES string of the molecule is CC(=O)N[C@@H]1[C@@H](O[C@H]2[C@H](O)[C@@H](NC(C)=O)[C@H](O)O[C@@H]2CO)O[C@@H](CO)[C@H](O[C@@H]2O[C@H](CO[C@H]3O[C@H](CO[C@@H]4O[C@@H](CO)[C@H](O)[C@@H](O)[C@H]4O)[C@@H](O)[C@H](O[C@@H]4O[C@@H](CO)[C@H](O)[C@@H](O)[C@H]4O)[C@@H]3O)[C@@H](O)[C@H](O[C@@H]3O[C@@H](CO)[C@H](O)[C@@H](O)[C@H]3O[C@@H]3O[C@@H](CO)[C@H](O)[C@@H](O)[C@H]3O)[C@@H]2O)[C@H]1O. The molecule has 8 aliphatic rings. The first-order valence-corrected chi connectivity index (χ1v) is 30.1. The first-order valence-electron chi connectivity index (χ1n) is 30.1. The standard InChI is InChI=1S/C52H88N2O41/c1-11(61)53-21-29(69)40(17(7-59)83-45(21)80)91-46-22(54-12(2)62)30(70)41(18(8-60)88-46)92-51-39(79)43(94-52-44(34(74)26(66)16(6-58)87-52)95-50-37(77)33(73)25(65)15(5-57)86-50)28(68)20(90-51)10-82-48-38(78)42(93-49-36(76)32(72)24(64)14(4-56)85-49)27(67)19(89-48)9-81-47-35(75)31(71)23(63)13(3-55)84-47/h13-52,55-60,63-80H,3-10H2,1-2H3,(H,53,61)(H,54,62)/t13-,14-,15-,16-,17+,18-,19+,20+,21+,22-,23-,24-,25-,26-,27+,28+,29+,30-,31+,32+,33+,34+,35+,36+,37+,38-,39-,40+,41-,42-,43-,44+,45+,46+,47+,48-,49-,50-,51-,52-/m0/s1. The van der Waals surface area contributed by atoms with E-state index in [0.717, 1.165) is 13.8 Å². The minimum absolute atomic E-state index is 0.766. The Balaban J connectivity index is 1.12. The molecule has 8 aliphatic heterocycles. The number of amides is 2. The van der Waals surface area contributed by atoms with Gasteiger partial charge in [0.2, 0.25) is 11.8 Å². The molecule has 0 aliphatic carbocycles. The zero-order valence-electron chi connectivity index (χ0n) is 50.4. The van der Waals surface area contributed by atoms with E-state index in [0.29, 0.717) is 0 Å². The van der Waals surface area contributed by atoms with E-state index in [2.05, 4.69) is 10.6 Å². The minimum atomic E-state index is -2.49. The van der Waals surface area contributed by atoms with Crippen molar-refractivity contribution < 1.29 is 203 Å². The molecule has 40 atom stereocenters. The fraction of sp³-hybridized carbons (Fsp3) is 0.962. The number of nitrogens with one attached hydrogen (secondary N) is 2. The third-order valence-corrected chi connectivity index (χ3v) is 17.4. The Hall–Kier alpha value is -2.62. The van der Waals surface area contributed by atoms with Crippen molar-refractivity contribution in [3.05, 3.63) is 0 Å². The summed E-state index contributed by atoms with van der Waals surface area (Å²) in [5.41, 5.74) is 0. The molecule has 0 radical (unpaired) electrons. The second-order valence-electron chi connectivity index (χ2n) is 23.9. The number of hydrogen-bond acceptors (Lipinski definition) is 41. The van der Waals surface area contributed by atoms with Crippen LogP contribution in [0.2, 0.25) is 0 Å². The molecular weight excluding hydrogens is 1310 g/mol. The molecule has 8 saturated heterocycles. The molecule has 0 unspecified atom stereocenters. The summed E-state index contributed by atoms with van der Waals surface area (Å²) in [6.07, 6.45) is -77.9. The number of rotatable bonds is 24. The summed E-state index contributed by atoms with van der Waals surface area (Å²) in [6.45, 7) is -6.26. The second-order valence-corrected chi connectivity index (χ2v) is 23.9. The third-order valence-electron chi connectivity index (χ3n) is 17.4. The maximum atomic E-state index is 12.8. The smallest absolute Gasteiger partial charge is 0.217 e. The van der Waals surface area contributed by atoms with E-state index in [9.17, 15) is 132 Å². The van der Waals surface area contributed by atoms with Crippen molar-refractivity contribution in [3.63, 3.8) is 0 Å². The van der Waals surface area contributed by atoms with Crippen LogP contribution >= 0.6 is 0 Å². The Morgan fingerprint density at radius 2 is 0.568 bits per heavy atom. The van der Waals surface area contributed by atoms with Gasteiger partial charge in [0, 0.05) is 13.8 Å². The lowest BCUT2D eigenvalue weighted by molar-refractivity contribution is -0.399. The van der Waals surface area contributed by atoms with Gasteiger partial charge in [-0.3, -0.25) is 9.59 Å². The first-order chi connectivity index (χ1) is 44.9. The van der Waals surface area contributed by atoms with Crippen molar-refractivity contribution in [3.8, 4) is 0 Å². The van der Waals surface area contributed by atoms with Crippen LogP contribution in [0.25, 0.3) is 0 Å². The Bertz CT molecular complexity index is 2380. The van der Waals surface area contributed by atoms with Gasteiger partial charge in [-0.05, 0) is 0 Å². The largest absolute Gasteiger partial charge is 0.394 e. The summed E-state index contributed by atoms with van der Waals surface area (Å²) in [5, 5.41) is 266. The average Bonchev–Trinajstić information content (AvgIpc) is 0.778. The van der Waals surface area contributed by atoms with E-state index in [1.165, 1.54) is 0 Å². The van der Waals surface area contributed by atoms with E-state index in [4.69, 9.17) is 71.1 Å². The lowest BCUT2D eigenvalue weighted by atomic mass is 9.94. The average molecular weight is 1400 g/mol. The second kappa shape index (κ2) is 33.9. The van der Waals surface area contributed by atoms with Crippen LogP contribution < -0.4 is 10.6 Å². The molecule has 95 heavy (non-hydrogen) atoms. The van der Waals surface area contributed by atoms with Gasteiger partial charge in [-0.25, -0.2) is 0 Å². The lowest BCUT2D eigenvalue weighted by Gasteiger charge is -2.50. The Morgan fingerprint density at radius 3 is 1.02 bits per heavy atom. The molecular formula is C52H88N2O41. The van der Waals surface area contributed by atoms with Crippen LogP contribution in [-0.4, -0.2) is 433 Å². The van der Waals surface area contributed by atoms with Crippen molar-refractivity contribution in [2.75, 3.05) is 52.9 Å². The predicted octanol–water partition coefficient (Wildman–Crippen LogP) is -18.2. The zero-order valence-corrected chi connectivity index (χ0v) is 50.4. The van der Waals surface area contributed by atoms with Crippen LogP contribution in [0.5, 0.6) is 0 Å². The molecule has 0 saturated carbocycles. The first kappa shape index (κ1) is 78.1. The van der Waals surface area contributed by atoms with E-state index in [-0.39, 0.29) is 0 Å². The van der Waals surface area contributed by atoms with E-state index >= 15 is 0 Å². The van der Waals surface area contributed by atoms with E-state index < -0.39 is 310 Å². The van der Waals surface area contributed by atoms with Gasteiger partial charge in [-0.2, -0.15) is 0 Å². The number of carbonyl (C=O) groups is 2. The van der Waals surface area contributed by atoms with Crippen molar-refractivity contribution >= 4 is 11.8 Å². The van der Waals surface area contributed by atoms with Crippen LogP contribution in [0.3, 0.4) is 0 Å². The predicted molar refractivity (Wildman–Crippen MR) is 288 cm³/mol. The van der Waals surface area contributed by atoms with Crippen molar-refractivity contribution in [1.29, 1.82) is 0 Å². The Morgan fingerprint density at radius 1 is 0.274 bits per heavy atom. The van der Waals surface area contributed by atoms with Crippen LogP contribution in [0.1, 0.15) is 13.8 Å². The minimum Gasteiger partial charge on any atom is -0.394 e. The van der Waals surface area contributed by atoms with Crippen LogP contribution in [-0.2, 0) is 80.6 Å². The third kappa shape index (κ3) is 17.0. The molecule has 8 fully saturated rings. The zero-order chi connectivity index (χ0) is 69.9. The van der Waals surface area contributed by atoms with Gasteiger partial charge in [-0.15, -0.1) is 0 Å². The fourth-order valence-electron chi connectivity index (χ4n) is 12.1. The molecule has 43 heteroatoms. The molecule has 552 valence electrons. The number of carbonyl (C=O) groups excluding carboxylic acids is 2. The molecule has 26 N–H and O–H groups in total. The molecule has 0 aromatic heterocycles. The molecule has 0 aromatic carbocycles. The molecule has 0 bridgehead atoms. The molecule has 0 aromatic rings. The maximum Gasteiger partial charge on any atom is 0.217 e. The number of ether oxygens (including phenoxy) is 15. The fourth-order valence-corrected chi connectivity index (χ4v) is 12.1. The highest BCUT2D eigenvalue weighted by Crippen LogP contribution is 2.38. The lowest BCUT2D eigenvalue weighted by Crippen LogP contribution is -2.70. The monoisotopic (exact) mass is 1400 g/mol. The number of aliphatic hydroxyl groups is 24. The van der Waals surface area contributed by atoms with Gasteiger partial charge < -0.3 is 204 Å². The summed E-state index contributed by atoms with van der Waals surface area (Å²) in [6, 6.07) is -3.49. The molecule has 2 amide bonds. The summed E-state index contributed by atoms with van der Waals surface area (Å²) in [4.78, 5) is 24.9. The van der Waals surface area contributed by atoms with Crippen LogP contribution in [0.4, 0.5) is 0 Å². The van der Waals surface area contributed by atoms with Gasteiger partial charge in [0.1, 0.15) is 195 Å². The van der Waals surface area contributed by atoms with Gasteiger partial charge in [-0.1, -0.05) is 0 Å². The topological polar surface area (TPSA) is 682 Å².